The van der Waals surface area contributed by atoms with Crippen molar-refractivity contribution in [3.8, 4) is 5.75 Å². The van der Waals surface area contributed by atoms with E-state index >= 15 is 0 Å². The van der Waals surface area contributed by atoms with Crippen molar-refractivity contribution >= 4 is 0 Å². The van der Waals surface area contributed by atoms with E-state index in [9.17, 15) is 5.11 Å². The van der Waals surface area contributed by atoms with E-state index in [4.69, 9.17) is 0 Å². The Kier molecular flexibility index (Phi) is 3.55. The topological polar surface area (TPSA) is 23.5 Å². The van der Waals surface area contributed by atoms with E-state index in [-0.39, 0.29) is 0 Å². The minimum Gasteiger partial charge on any atom is -0.508 e. The van der Waals surface area contributed by atoms with Gasteiger partial charge in [0.15, 0.2) is 0 Å². The van der Waals surface area contributed by atoms with Gasteiger partial charge < -0.3 is 5.11 Å². The molecule has 0 amide bonds. The zero-order valence-electron chi connectivity index (χ0n) is 11.0. The Hall–Kier alpha value is -1.02. The van der Waals surface area contributed by atoms with Crippen molar-refractivity contribution in [2.75, 3.05) is 6.54 Å². The smallest absolute Gasteiger partial charge is 0.115 e. The molecule has 1 aromatic carbocycles. The number of hydrogen-bond donors (Lipinski definition) is 1. The molecule has 1 aliphatic carbocycles. The second-order valence-corrected chi connectivity index (χ2v) is 5.89. The molecule has 1 heterocycles. The lowest BCUT2D eigenvalue weighted by Gasteiger charge is -2.44. The van der Waals surface area contributed by atoms with Crippen LogP contribution in [-0.2, 0) is 6.54 Å². The highest BCUT2D eigenvalue weighted by Crippen LogP contribution is 2.35. The van der Waals surface area contributed by atoms with E-state index in [1.165, 1.54) is 50.6 Å². The number of aromatic hydroxyl groups is 1. The van der Waals surface area contributed by atoms with Gasteiger partial charge in [-0.3, -0.25) is 4.90 Å². The van der Waals surface area contributed by atoms with Crippen LogP contribution in [0.5, 0.6) is 5.75 Å². The van der Waals surface area contributed by atoms with E-state index < -0.39 is 0 Å². The molecule has 3 rings (SSSR count). The number of hydrogen-bond acceptors (Lipinski definition) is 2. The zero-order chi connectivity index (χ0) is 12.4. The lowest BCUT2D eigenvalue weighted by Crippen LogP contribution is -2.46. The minimum absolute atomic E-state index is 0.368. The van der Waals surface area contributed by atoms with E-state index in [0.29, 0.717) is 5.75 Å². The van der Waals surface area contributed by atoms with Gasteiger partial charge in [0.25, 0.3) is 0 Å². The number of fused-ring (bicyclic) bond motifs is 1. The fourth-order valence-corrected chi connectivity index (χ4v) is 3.76. The Morgan fingerprint density at radius 2 is 1.72 bits per heavy atom. The summed E-state index contributed by atoms with van der Waals surface area (Å²) in [6.45, 7) is 2.31. The molecule has 98 valence electrons. The summed E-state index contributed by atoms with van der Waals surface area (Å²) in [6, 6.07) is 8.54. The number of rotatable bonds is 2. The Morgan fingerprint density at radius 1 is 1.00 bits per heavy atom. The average molecular weight is 245 g/mol. The molecule has 2 nitrogen and oxygen atoms in total. The molecule has 1 aliphatic heterocycles. The predicted molar refractivity (Wildman–Crippen MR) is 73.5 cm³/mol. The number of phenolic OH excluding ortho intramolecular Hbond substituents is 1. The third-order valence-corrected chi connectivity index (χ3v) is 4.68. The monoisotopic (exact) mass is 245 g/mol. The summed E-state index contributed by atoms with van der Waals surface area (Å²) in [5.74, 6) is 1.32. The first-order valence-corrected chi connectivity index (χ1v) is 7.35. The summed E-state index contributed by atoms with van der Waals surface area (Å²) >= 11 is 0. The number of nitrogens with zero attached hydrogens (tertiary/aromatic N) is 1. The van der Waals surface area contributed by atoms with Gasteiger partial charge in [-0.2, -0.15) is 0 Å². The van der Waals surface area contributed by atoms with Crippen molar-refractivity contribution in [1.29, 1.82) is 0 Å². The molecule has 2 heteroatoms. The van der Waals surface area contributed by atoms with Crippen molar-refractivity contribution in [3.05, 3.63) is 29.8 Å². The summed E-state index contributed by atoms with van der Waals surface area (Å²) in [5, 5.41) is 9.34. The first kappa shape index (κ1) is 12.0. The van der Waals surface area contributed by atoms with Crippen LogP contribution in [0.4, 0.5) is 0 Å². The molecule has 2 atom stereocenters. The highest BCUT2D eigenvalue weighted by molar-refractivity contribution is 5.25. The lowest BCUT2D eigenvalue weighted by atomic mass is 9.78. The molecule has 2 fully saturated rings. The van der Waals surface area contributed by atoms with Crippen molar-refractivity contribution in [2.45, 2.75) is 51.1 Å². The second-order valence-electron chi connectivity index (χ2n) is 5.89. The quantitative estimate of drug-likeness (QED) is 0.861. The Labute approximate surface area is 110 Å². The van der Waals surface area contributed by atoms with Crippen LogP contribution in [0.3, 0.4) is 0 Å². The fraction of sp³-hybridized carbons (Fsp3) is 0.625. The molecule has 0 unspecified atom stereocenters. The molecule has 0 radical (unpaired) electrons. The summed E-state index contributed by atoms with van der Waals surface area (Å²) < 4.78 is 0. The van der Waals surface area contributed by atoms with Gasteiger partial charge >= 0.3 is 0 Å². The van der Waals surface area contributed by atoms with Gasteiger partial charge in [0.1, 0.15) is 5.75 Å². The Balaban J connectivity index is 1.69. The lowest BCUT2D eigenvalue weighted by molar-refractivity contribution is 0.0547. The number of piperidine rings is 1. The average Bonchev–Trinajstić information content (AvgIpc) is 2.42. The zero-order valence-corrected chi connectivity index (χ0v) is 11.0. The van der Waals surface area contributed by atoms with Crippen molar-refractivity contribution in [1.82, 2.24) is 4.90 Å². The van der Waals surface area contributed by atoms with Crippen LogP contribution in [0.15, 0.2) is 24.3 Å². The number of benzene rings is 1. The maximum absolute atomic E-state index is 9.34. The van der Waals surface area contributed by atoms with Gasteiger partial charge in [0, 0.05) is 12.6 Å². The van der Waals surface area contributed by atoms with Crippen LogP contribution in [0.1, 0.15) is 44.1 Å². The second kappa shape index (κ2) is 5.31. The third-order valence-electron chi connectivity index (χ3n) is 4.68. The minimum atomic E-state index is 0.368. The molecular weight excluding hydrogens is 222 g/mol. The van der Waals surface area contributed by atoms with E-state index in [0.717, 1.165) is 18.5 Å². The molecule has 1 N–H and O–H groups in total. The van der Waals surface area contributed by atoms with Gasteiger partial charge in [-0.15, -0.1) is 0 Å². The molecule has 0 spiro atoms. The highest BCUT2D eigenvalue weighted by atomic mass is 16.3. The van der Waals surface area contributed by atoms with Crippen molar-refractivity contribution in [3.63, 3.8) is 0 Å². The molecule has 1 saturated carbocycles. The Bertz CT molecular complexity index is 385. The summed E-state index contributed by atoms with van der Waals surface area (Å²) in [5.41, 5.74) is 1.33. The Morgan fingerprint density at radius 3 is 2.56 bits per heavy atom. The van der Waals surface area contributed by atoms with Crippen LogP contribution in [-0.4, -0.2) is 22.6 Å². The van der Waals surface area contributed by atoms with Crippen LogP contribution < -0.4 is 0 Å². The summed E-state index contributed by atoms with van der Waals surface area (Å²) in [4.78, 5) is 2.68. The van der Waals surface area contributed by atoms with E-state index in [2.05, 4.69) is 17.0 Å². The van der Waals surface area contributed by atoms with Gasteiger partial charge in [0.05, 0.1) is 0 Å². The first-order chi connectivity index (χ1) is 8.83. The molecular formula is C16H23NO. The molecule has 2 aliphatic rings. The maximum atomic E-state index is 9.34. The predicted octanol–water partition coefficient (Wildman–Crippen LogP) is 3.55. The van der Waals surface area contributed by atoms with Crippen LogP contribution in [0, 0.1) is 5.92 Å². The number of phenols is 1. The van der Waals surface area contributed by atoms with E-state index in [1.54, 1.807) is 12.1 Å². The molecule has 1 aromatic rings. The molecule has 0 bridgehead atoms. The van der Waals surface area contributed by atoms with Crippen LogP contribution in [0.25, 0.3) is 0 Å². The van der Waals surface area contributed by atoms with Gasteiger partial charge in [-0.1, -0.05) is 25.0 Å². The van der Waals surface area contributed by atoms with Gasteiger partial charge in [-0.25, -0.2) is 0 Å². The fourth-order valence-electron chi connectivity index (χ4n) is 3.76. The summed E-state index contributed by atoms with van der Waals surface area (Å²) in [7, 11) is 0. The standard InChI is InChI=1S/C16H23NO/c18-15-9-7-13(8-10-15)12-17-11-3-5-14-4-1-2-6-16(14)17/h7-10,14,16,18H,1-6,11-12H2/t14-,16-/m0/s1. The van der Waals surface area contributed by atoms with Gasteiger partial charge in [0.2, 0.25) is 0 Å². The van der Waals surface area contributed by atoms with E-state index in [1.807, 2.05) is 0 Å². The normalized spacial score (nSPS) is 28.9. The SMILES string of the molecule is Oc1ccc(CN2CCC[C@@H]3CCCC[C@@H]32)cc1. The van der Waals surface area contributed by atoms with Crippen molar-refractivity contribution < 1.29 is 5.11 Å². The first-order valence-electron chi connectivity index (χ1n) is 7.35. The van der Waals surface area contributed by atoms with Crippen molar-refractivity contribution in [2.24, 2.45) is 5.92 Å². The van der Waals surface area contributed by atoms with Gasteiger partial charge in [-0.05, 0) is 55.8 Å². The molecule has 1 saturated heterocycles. The third kappa shape index (κ3) is 2.54. The molecule has 18 heavy (non-hydrogen) atoms. The maximum Gasteiger partial charge on any atom is 0.115 e. The number of likely N-dealkylation sites (tertiary alicyclic amines) is 1. The largest absolute Gasteiger partial charge is 0.508 e. The van der Waals surface area contributed by atoms with Crippen LogP contribution >= 0.6 is 0 Å². The highest BCUT2D eigenvalue weighted by Gasteiger charge is 2.32. The summed E-state index contributed by atoms with van der Waals surface area (Å²) in [6.07, 6.45) is 8.48. The molecule has 0 aromatic heterocycles. The van der Waals surface area contributed by atoms with Crippen LogP contribution in [0.2, 0.25) is 0 Å².